The van der Waals surface area contributed by atoms with E-state index in [1.54, 1.807) is 12.1 Å². The van der Waals surface area contributed by atoms with Gasteiger partial charge in [-0.2, -0.15) is 0 Å². The molecule has 1 N–H and O–H groups in total. The van der Waals surface area contributed by atoms with Crippen LogP contribution in [0.25, 0.3) is 0 Å². The van der Waals surface area contributed by atoms with Crippen LogP contribution in [-0.2, 0) is 0 Å². The summed E-state index contributed by atoms with van der Waals surface area (Å²) in [5.41, 5.74) is 0.794. The van der Waals surface area contributed by atoms with Gasteiger partial charge < -0.3 is 5.32 Å². The molecule has 0 spiro atoms. The van der Waals surface area contributed by atoms with Gasteiger partial charge in [0.1, 0.15) is 5.82 Å². The molecule has 0 fully saturated rings. The Morgan fingerprint density at radius 3 is 2.50 bits per heavy atom. The third kappa shape index (κ3) is 4.77. The molecule has 0 saturated heterocycles. The molecule has 0 aliphatic carbocycles. The second kappa shape index (κ2) is 8.25. The highest BCUT2D eigenvalue weighted by atomic mass is 19.1. The van der Waals surface area contributed by atoms with Gasteiger partial charge in [0.05, 0.1) is 0 Å². The molecule has 0 amide bonds. The molecule has 1 aromatic rings. The molecule has 18 heavy (non-hydrogen) atoms. The molecule has 0 aliphatic heterocycles. The van der Waals surface area contributed by atoms with Gasteiger partial charge >= 0.3 is 0 Å². The van der Waals surface area contributed by atoms with Gasteiger partial charge in [-0.1, -0.05) is 51.3 Å². The minimum absolute atomic E-state index is 0.0994. The first-order valence-corrected chi connectivity index (χ1v) is 7.19. The van der Waals surface area contributed by atoms with Crippen LogP contribution < -0.4 is 5.32 Å². The predicted molar refractivity (Wildman–Crippen MR) is 76.2 cm³/mol. The molecule has 0 radical (unpaired) electrons. The second-order valence-electron chi connectivity index (χ2n) is 5.05. The van der Waals surface area contributed by atoms with Gasteiger partial charge in [0.15, 0.2) is 0 Å². The van der Waals surface area contributed by atoms with Crippen LogP contribution in [0, 0.1) is 5.82 Å². The topological polar surface area (TPSA) is 12.0 Å². The zero-order valence-corrected chi connectivity index (χ0v) is 11.9. The minimum Gasteiger partial charge on any atom is -0.307 e. The van der Waals surface area contributed by atoms with E-state index in [-0.39, 0.29) is 11.9 Å². The van der Waals surface area contributed by atoms with Crippen LogP contribution in [0.1, 0.15) is 64.5 Å². The molecule has 0 aliphatic rings. The van der Waals surface area contributed by atoms with Gasteiger partial charge in [-0.25, -0.2) is 4.39 Å². The highest BCUT2D eigenvalue weighted by Gasteiger charge is 2.15. The predicted octanol–water partition coefficient (Wildman–Crippen LogP) is 4.84. The van der Waals surface area contributed by atoms with Gasteiger partial charge in [-0.3, -0.25) is 0 Å². The Morgan fingerprint density at radius 1 is 1.17 bits per heavy atom. The zero-order chi connectivity index (χ0) is 13.4. The summed E-state index contributed by atoms with van der Waals surface area (Å²) in [6.07, 6.45) is 5.86. The fourth-order valence-corrected chi connectivity index (χ4v) is 2.31. The number of unbranched alkanes of at least 4 members (excludes halogenated alkanes) is 2. The number of hydrogen-bond donors (Lipinski definition) is 1. The minimum atomic E-state index is -0.0994. The largest absolute Gasteiger partial charge is 0.307 e. The first-order valence-electron chi connectivity index (χ1n) is 7.19. The molecular weight excluding hydrogens is 225 g/mol. The van der Waals surface area contributed by atoms with Gasteiger partial charge in [-0.15, -0.1) is 0 Å². The maximum Gasteiger partial charge on any atom is 0.127 e. The van der Waals surface area contributed by atoms with Crippen molar-refractivity contribution in [2.75, 3.05) is 0 Å². The Kier molecular flexibility index (Phi) is 6.96. The van der Waals surface area contributed by atoms with Crippen molar-refractivity contribution in [3.05, 3.63) is 35.6 Å². The SMILES string of the molecule is CCCCCC(C)NC(CC)c1ccccc1F. The third-order valence-electron chi connectivity index (χ3n) is 3.42. The Labute approximate surface area is 111 Å². The summed E-state index contributed by atoms with van der Waals surface area (Å²) in [4.78, 5) is 0. The first-order chi connectivity index (χ1) is 8.69. The van der Waals surface area contributed by atoms with E-state index in [9.17, 15) is 4.39 Å². The fraction of sp³-hybridized carbons (Fsp3) is 0.625. The zero-order valence-electron chi connectivity index (χ0n) is 11.9. The average Bonchev–Trinajstić information content (AvgIpc) is 2.37. The molecule has 2 atom stereocenters. The summed E-state index contributed by atoms with van der Waals surface area (Å²) in [5, 5.41) is 3.54. The summed E-state index contributed by atoms with van der Waals surface area (Å²) in [6.45, 7) is 6.51. The lowest BCUT2D eigenvalue weighted by molar-refractivity contribution is 0.405. The first kappa shape index (κ1) is 15.2. The highest BCUT2D eigenvalue weighted by molar-refractivity contribution is 5.21. The monoisotopic (exact) mass is 251 g/mol. The lowest BCUT2D eigenvalue weighted by atomic mass is 10.0. The van der Waals surface area contributed by atoms with Gasteiger partial charge in [0, 0.05) is 17.6 Å². The standard InChI is InChI=1S/C16H26FN/c1-4-6-7-10-13(3)18-16(5-2)14-11-8-9-12-15(14)17/h8-9,11-13,16,18H,4-7,10H2,1-3H3. The van der Waals surface area contributed by atoms with Crippen LogP contribution in [0.3, 0.4) is 0 Å². The fourth-order valence-electron chi connectivity index (χ4n) is 2.31. The average molecular weight is 251 g/mol. The summed E-state index contributed by atoms with van der Waals surface area (Å²) in [5.74, 6) is -0.0994. The van der Waals surface area contributed by atoms with Gasteiger partial charge in [0.25, 0.3) is 0 Å². The quantitative estimate of drug-likeness (QED) is 0.652. The van der Waals surface area contributed by atoms with Crippen molar-refractivity contribution in [2.45, 2.75) is 65.0 Å². The molecular formula is C16H26FN. The van der Waals surface area contributed by atoms with Crippen molar-refractivity contribution < 1.29 is 4.39 Å². The van der Waals surface area contributed by atoms with Crippen LogP contribution in [-0.4, -0.2) is 6.04 Å². The normalized spacial score (nSPS) is 14.4. The Bertz CT molecular complexity index is 338. The number of hydrogen-bond acceptors (Lipinski definition) is 1. The summed E-state index contributed by atoms with van der Waals surface area (Å²) in [6, 6.07) is 7.65. The molecule has 1 nitrogen and oxygen atoms in total. The van der Waals surface area contributed by atoms with Crippen LogP contribution in [0.5, 0.6) is 0 Å². The molecule has 0 saturated carbocycles. The Morgan fingerprint density at radius 2 is 1.89 bits per heavy atom. The number of nitrogens with one attached hydrogen (secondary N) is 1. The van der Waals surface area contributed by atoms with E-state index in [2.05, 4.69) is 26.1 Å². The van der Waals surface area contributed by atoms with E-state index in [4.69, 9.17) is 0 Å². The third-order valence-corrected chi connectivity index (χ3v) is 3.42. The van der Waals surface area contributed by atoms with E-state index < -0.39 is 0 Å². The smallest absolute Gasteiger partial charge is 0.127 e. The Hall–Kier alpha value is -0.890. The maximum absolute atomic E-state index is 13.7. The molecule has 2 heteroatoms. The molecule has 1 aromatic carbocycles. The summed E-state index contributed by atoms with van der Waals surface area (Å²) in [7, 11) is 0. The lowest BCUT2D eigenvalue weighted by Crippen LogP contribution is -2.30. The van der Waals surface area contributed by atoms with Crippen LogP contribution >= 0.6 is 0 Å². The Balaban J connectivity index is 2.54. The molecule has 2 unspecified atom stereocenters. The van der Waals surface area contributed by atoms with Crippen molar-refractivity contribution in [3.8, 4) is 0 Å². The highest BCUT2D eigenvalue weighted by Crippen LogP contribution is 2.21. The van der Waals surface area contributed by atoms with E-state index in [0.29, 0.717) is 6.04 Å². The lowest BCUT2D eigenvalue weighted by Gasteiger charge is -2.23. The van der Waals surface area contributed by atoms with Crippen LogP contribution in [0.15, 0.2) is 24.3 Å². The number of rotatable bonds is 8. The van der Waals surface area contributed by atoms with Crippen molar-refractivity contribution in [1.29, 1.82) is 0 Å². The van der Waals surface area contributed by atoms with Crippen molar-refractivity contribution >= 4 is 0 Å². The van der Waals surface area contributed by atoms with Crippen LogP contribution in [0.4, 0.5) is 4.39 Å². The van der Waals surface area contributed by atoms with E-state index in [1.165, 1.54) is 25.7 Å². The molecule has 1 rings (SSSR count). The molecule has 0 aromatic heterocycles. The number of halogens is 1. The van der Waals surface area contributed by atoms with Crippen molar-refractivity contribution in [1.82, 2.24) is 5.32 Å². The van der Waals surface area contributed by atoms with Gasteiger partial charge in [-0.05, 0) is 25.8 Å². The van der Waals surface area contributed by atoms with Gasteiger partial charge in [0.2, 0.25) is 0 Å². The van der Waals surface area contributed by atoms with Crippen molar-refractivity contribution in [3.63, 3.8) is 0 Å². The van der Waals surface area contributed by atoms with E-state index in [1.807, 2.05) is 12.1 Å². The molecule has 0 bridgehead atoms. The second-order valence-corrected chi connectivity index (χ2v) is 5.05. The van der Waals surface area contributed by atoms with Crippen LogP contribution in [0.2, 0.25) is 0 Å². The summed E-state index contributed by atoms with van der Waals surface area (Å²) >= 11 is 0. The molecule has 102 valence electrons. The molecule has 0 heterocycles. The summed E-state index contributed by atoms with van der Waals surface area (Å²) < 4.78 is 13.7. The number of benzene rings is 1. The van der Waals surface area contributed by atoms with Crippen molar-refractivity contribution in [2.24, 2.45) is 0 Å². The maximum atomic E-state index is 13.7. The van der Waals surface area contributed by atoms with E-state index >= 15 is 0 Å². The van der Waals surface area contributed by atoms with E-state index in [0.717, 1.165) is 12.0 Å².